The van der Waals surface area contributed by atoms with Crippen LogP contribution in [0.4, 0.5) is 0 Å². The highest BCUT2D eigenvalue weighted by molar-refractivity contribution is 6.05. The van der Waals surface area contributed by atoms with E-state index in [-0.39, 0.29) is 24.1 Å². The Kier molecular flexibility index (Phi) is 4.74. The van der Waals surface area contributed by atoms with Crippen LogP contribution in [-0.4, -0.2) is 47.8 Å². The van der Waals surface area contributed by atoms with Gasteiger partial charge in [-0.25, -0.2) is 0 Å². The maximum atomic E-state index is 12.6. The number of amides is 3. The molecule has 7 heteroatoms. The number of piperidine rings is 1. The second-order valence-corrected chi connectivity index (χ2v) is 7.30. The number of carbonyl (C=O) groups excluding carboxylic acids is 3. The first-order valence-electron chi connectivity index (χ1n) is 9.32. The maximum absolute atomic E-state index is 12.6. The van der Waals surface area contributed by atoms with Crippen LogP contribution in [0.1, 0.15) is 47.2 Å². The van der Waals surface area contributed by atoms with Gasteiger partial charge >= 0.3 is 0 Å². The highest BCUT2D eigenvalue weighted by Crippen LogP contribution is 2.28. The number of hydrogen-bond donors (Lipinski definition) is 3. The Morgan fingerprint density at radius 1 is 1.12 bits per heavy atom. The van der Waals surface area contributed by atoms with Crippen molar-refractivity contribution in [2.45, 2.75) is 50.9 Å². The van der Waals surface area contributed by atoms with Gasteiger partial charge < -0.3 is 15.5 Å². The largest absolute Gasteiger partial charge is 0.322 e. The number of nitrogens with one attached hydrogen (secondary N) is 3. The monoisotopic (exact) mass is 356 g/mol. The van der Waals surface area contributed by atoms with Crippen LogP contribution in [0.15, 0.2) is 18.2 Å². The van der Waals surface area contributed by atoms with Gasteiger partial charge in [0.2, 0.25) is 11.8 Å². The van der Waals surface area contributed by atoms with Crippen molar-refractivity contribution in [2.75, 3.05) is 13.1 Å². The summed E-state index contributed by atoms with van der Waals surface area (Å²) in [6.07, 6.45) is 3.26. The molecule has 3 N–H and O–H groups in total. The zero-order valence-electron chi connectivity index (χ0n) is 14.7. The highest BCUT2D eigenvalue weighted by atomic mass is 16.2. The molecule has 1 unspecified atom stereocenters. The molecule has 1 aromatic rings. The van der Waals surface area contributed by atoms with Crippen LogP contribution >= 0.6 is 0 Å². The molecule has 2 heterocycles. The Bertz CT molecular complexity index is 744. The summed E-state index contributed by atoms with van der Waals surface area (Å²) >= 11 is 0. The van der Waals surface area contributed by atoms with Gasteiger partial charge in [-0.3, -0.25) is 19.7 Å². The molecule has 1 atom stereocenters. The molecular weight excluding hydrogens is 332 g/mol. The van der Waals surface area contributed by atoms with Crippen LogP contribution in [0.5, 0.6) is 0 Å². The first-order valence-corrected chi connectivity index (χ1v) is 9.32. The molecule has 138 valence electrons. The predicted molar refractivity (Wildman–Crippen MR) is 95.2 cm³/mol. The van der Waals surface area contributed by atoms with Crippen LogP contribution in [0.2, 0.25) is 0 Å². The van der Waals surface area contributed by atoms with Crippen molar-refractivity contribution < 1.29 is 14.4 Å². The van der Waals surface area contributed by atoms with Crippen LogP contribution < -0.4 is 16.0 Å². The molecule has 1 saturated carbocycles. The number of benzene rings is 1. The van der Waals surface area contributed by atoms with Gasteiger partial charge in [0.15, 0.2) is 0 Å². The Morgan fingerprint density at radius 3 is 2.73 bits per heavy atom. The molecule has 0 spiro atoms. The molecule has 3 aliphatic rings. The number of hydrogen-bond acceptors (Lipinski definition) is 5. The molecule has 0 aromatic heterocycles. The average molecular weight is 356 g/mol. The third-order valence-electron chi connectivity index (χ3n) is 5.23. The van der Waals surface area contributed by atoms with Crippen molar-refractivity contribution >= 4 is 17.7 Å². The fraction of sp³-hybridized carbons (Fsp3) is 0.526. The summed E-state index contributed by atoms with van der Waals surface area (Å²) in [7, 11) is 0. The number of carbonyl (C=O) groups is 3. The van der Waals surface area contributed by atoms with E-state index in [0.717, 1.165) is 36.8 Å². The summed E-state index contributed by atoms with van der Waals surface area (Å²) in [4.78, 5) is 37.6. The van der Waals surface area contributed by atoms with Crippen molar-refractivity contribution in [2.24, 2.45) is 0 Å². The van der Waals surface area contributed by atoms with Gasteiger partial charge in [-0.15, -0.1) is 0 Å². The van der Waals surface area contributed by atoms with E-state index in [0.29, 0.717) is 18.5 Å². The van der Waals surface area contributed by atoms with Crippen LogP contribution in [-0.2, 0) is 22.7 Å². The van der Waals surface area contributed by atoms with E-state index in [1.807, 2.05) is 18.2 Å². The molecule has 0 radical (unpaired) electrons. The molecule has 2 aliphatic heterocycles. The van der Waals surface area contributed by atoms with E-state index in [4.69, 9.17) is 0 Å². The smallest absolute Gasteiger partial charge is 0.255 e. The molecule has 7 nitrogen and oxygen atoms in total. The van der Waals surface area contributed by atoms with Gasteiger partial charge in [-0.1, -0.05) is 12.1 Å². The number of imide groups is 1. The molecule has 3 amide bonds. The topological polar surface area (TPSA) is 90.5 Å². The van der Waals surface area contributed by atoms with E-state index in [1.165, 1.54) is 12.8 Å². The van der Waals surface area contributed by atoms with E-state index in [2.05, 4.69) is 16.0 Å². The molecule has 1 aliphatic carbocycles. The summed E-state index contributed by atoms with van der Waals surface area (Å²) in [5.74, 6) is -0.755. The van der Waals surface area contributed by atoms with E-state index >= 15 is 0 Å². The van der Waals surface area contributed by atoms with Gasteiger partial charge in [0.1, 0.15) is 6.04 Å². The van der Waals surface area contributed by atoms with Crippen molar-refractivity contribution in [1.82, 2.24) is 20.9 Å². The molecule has 0 bridgehead atoms. The molecule has 2 fully saturated rings. The Balaban J connectivity index is 1.35. The summed E-state index contributed by atoms with van der Waals surface area (Å²) in [6.45, 7) is 3.07. The van der Waals surface area contributed by atoms with Crippen LogP contribution in [0.3, 0.4) is 0 Å². The van der Waals surface area contributed by atoms with Gasteiger partial charge in [0, 0.05) is 44.2 Å². The summed E-state index contributed by atoms with van der Waals surface area (Å²) in [5, 5.41) is 9.20. The van der Waals surface area contributed by atoms with Gasteiger partial charge in [-0.2, -0.15) is 0 Å². The van der Waals surface area contributed by atoms with Crippen LogP contribution in [0, 0.1) is 0 Å². The minimum absolute atomic E-state index is 0.123. The standard InChI is InChI=1S/C19H24N4O3/c24-17-6-5-16(18(25)22-17)23-11-13-9-12(1-4-15(13)19(23)26)10-20-7-8-21-14-2-3-14/h1,4,9,14,16,20-21H,2-3,5-8,10-11H2,(H,22,24,25). The second kappa shape index (κ2) is 7.17. The van der Waals surface area contributed by atoms with Gasteiger partial charge in [-0.05, 0) is 36.5 Å². The highest BCUT2D eigenvalue weighted by Gasteiger charge is 2.38. The second-order valence-electron chi connectivity index (χ2n) is 7.30. The third-order valence-corrected chi connectivity index (χ3v) is 5.23. The maximum Gasteiger partial charge on any atom is 0.255 e. The van der Waals surface area contributed by atoms with E-state index in [1.54, 1.807) is 4.90 Å². The molecular formula is C19H24N4O3. The number of fused-ring (bicyclic) bond motifs is 1. The molecule has 1 saturated heterocycles. The Labute approximate surface area is 152 Å². The van der Waals surface area contributed by atoms with Gasteiger partial charge in [0.25, 0.3) is 5.91 Å². The zero-order chi connectivity index (χ0) is 18.1. The summed E-state index contributed by atoms with van der Waals surface area (Å²) in [5.41, 5.74) is 2.75. The first kappa shape index (κ1) is 17.2. The fourth-order valence-corrected chi connectivity index (χ4v) is 3.62. The minimum atomic E-state index is -0.553. The average Bonchev–Trinajstić information content (AvgIpc) is 3.38. The van der Waals surface area contributed by atoms with E-state index in [9.17, 15) is 14.4 Å². The molecule has 1 aromatic carbocycles. The van der Waals surface area contributed by atoms with Crippen molar-refractivity contribution in [3.05, 3.63) is 34.9 Å². The van der Waals surface area contributed by atoms with Crippen molar-refractivity contribution in [1.29, 1.82) is 0 Å². The van der Waals surface area contributed by atoms with E-state index < -0.39 is 6.04 Å². The Hall–Kier alpha value is -2.25. The Morgan fingerprint density at radius 2 is 1.96 bits per heavy atom. The van der Waals surface area contributed by atoms with Crippen molar-refractivity contribution in [3.8, 4) is 0 Å². The molecule has 26 heavy (non-hydrogen) atoms. The minimum Gasteiger partial charge on any atom is -0.322 e. The lowest BCUT2D eigenvalue weighted by atomic mass is 10.0. The lowest BCUT2D eigenvalue weighted by molar-refractivity contribution is -0.136. The number of nitrogens with zero attached hydrogens (tertiary/aromatic N) is 1. The quantitative estimate of drug-likeness (QED) is 0.483. The molecule has 4 rings (SSSR count). The summed E-state index contributed by atoms with van der Waals surface area (Å²) in [6, 6.07) is 6.03. The lowest BCUT2D eigenvalue weighted by Crippen LogP contribution is -2.52. The van der Waals surface area contributed by atoms with Crippen LogP contribution in [0.25, 0.3) is 0 Å². The van der Waals surface area contributed by atoms with Crippen molar-refractivity contribution in [3.63, 3.8) is 0 Å². The summed E-state index contributed by atoms with van der Waals surface area (Å²) < 4.78 is 0. The lowest BCUT2D eigenvalue weighted by Gasteiger charge is -2.29. The predicted octanol–water partition coefficient (Wildman–Crippen LogP) is 0.289. The fourth-order valence-electron chi connectivity index (χ4n) is 3.62. The SMILES string of the molecule is O=C1CCC(N2Cc3cc(CNCCNC4CC4)ccc3C2=O)C(=O)N1. The third kappa shape index (κ3) is 3.64. The normalized spacial score (nSPS) is 22.5. The first-order chi connectivity index (χ1) is 12.6. The zero-order valence-corrected chi connectivity index (χ0v) is 14.7. The number of rotatable bonds is 7. The van der Waals surface area contributed by atoms with Gasteiger partial charge in [0.05, 0.1) is 0 Å².